The lowest BCUT2D eigenvalue weighted by Crippen LogP contribution is -2.43. The van der Waals surface area contributed by atoms with Crippen molar-refractivity contribution in [3.63, 3.8) is 0 Å². The lowest BCUT2D eigenvalue weighted by Gasteiger charge is -2.22. The van der Waals surface area contributed by atoms with Gasteiger partial charge in [-0.05, 0) is 81.7 Å². The first-order valence-corrected chi connectivity index (χ1v) is 14.0. The molecule has 216 valence electrons. The molecule has 11 heteroatoms. The highest BCUT2D eigenvalue weighted by Crippen LogP contribution is 2.50. The minimum absolute atomic E-state index is 0.107. The van der Waals surface area contributed by atoms with Gasteiger partial charge in [0.15, 0.2) is 16.9 Å². The molecular formula is C29H36N2O8S. The smallest absolute Gasteiger partial charge is 0.408 e. The molecule has 0 saturated heterocycles. The maximum absolute atomic E-state index is 13.0. The Hall–Kier alpha value is -3.73. The number of fused-ring (bicyclic) bond motifs is 3. The third-order valence-corrected chi connectivity index (χ3v) is 6.95. The van der Waals surface area contributed by atoms with Crippen molar-refractivity contribution in [2.24, 2.45) is 0 Å². The van der Waals surface area contributed by atoms with Crippen molar-refractivity contribution in [1.82, 2.24) is 10.6 Å². The van der Waals surface area contributed by atoms with Crippen LogP contribution < -0.4 is 30.3 Å². The number of alkyl carbamates (subject to hydrolysis) is 1. The zero-order valence-electron chi connectivity index (χ0n) is 24.1. The Morgan fingerprint density at radius 2 is 1.75 bits per heavy atom. The van der Waals surface area contributed by atoms with Crippen LogP contribution in [0.2, 0.25) is 0 Å². The average Bonchev–Trinajstić information content (AvgIpc) is 3.10. The van der Waals surface area contributed by atoms with Gasteiger partial charge in [-0.3, -0.25) is 9.59 Å². The van der Waals surface area contributed by atoms with Crippen molar-refractivity contribution in [2.75, 3.05) is 20.5 Å². The number of carbonyl (C=O) groups is 3. The molecule has 0 aromatic heterocycles. The Bertz CT molecular complexity index is 1370. The van der Waals surface area contributed by atoms with Crippen LogP contribution in [0.25, 0.3) is 11.1 Å². The fourth-order valence-corrected chi connectivity index (χ4v) is 4.99. The Labute approximate surface area is 238 Å². The Morgan fingerprint density at radius 3 is 2.33 bits per heavy atom. The van der Waals surface area contributed by atoms with Gasteiger partial charge >= 0.3 is 12.1 Å². The van der Waals surface area contributed by atoms with Crippen LogP contribution in [0.5, 0.6) is 17.2 Å². The zero-order valence-corrected chi connectivity index (χ0v) is 24.9. The van der Waals surface area contributed by atoms with Crippen molar-refractivity contribution in [2.45, 2.75) is 70.0 Å². The molecule has 10 nitrogen and oxygen atoms in total. The highest BCUT2D eigenvalue weighted by Gasteiger charge is 2.31. The number of hydrogen-bond donors (Lipinski definition) is 2. The number of rotatable bonds is 7. The first-order chi connectivity index (χ1) is 18.8. The van der Waals surface area contributed by atoms with E-state index in [4.69, 9.17) is 18.9 Å². The summed E-state index contributed by atoms with van der Waals surface area (Å²) in [5.41, 5.74) is 1.90. The fourth-order valence-electron chi connectivity index (χ4n) is 4.53. The molecule has 0 fully saturated rings. The van der Waals surface area contributed by atoms with Crippen LogP contribution >= 0.6 is 11.8 Å². The molecule has 2 unspecified atom stereocenters. The molecule has 0 bridgehead atoms. The van der Waals surface area contributed by atoms with Crippen molar-refractivity contribution in [3.05, 3.63) is 45.6 Å². The van der Waals surface area contributed by atoms with Gasteiger partial charge in [-0.25, -0.2) is 9.59 Å². The summed E-state index contributed by atoms with van der Waals surface area (Å²) in [7, 11) is 2.90. The Morgan fingerprint density at radius 1 is 1.07 bits per heavy atom. The molecule has 3 rings (SSSR count). The van der Waals surface area contributed by atoms with Crippen LogP contribution in [0.4, 0.5) is 4.79 Å². The van der Waals surface area contributed by atoms with Crippen LogP contribution in [0, 0.1) is 0 Å². The molecule has 0 aliphatic heterocycles. The maximum atomic E-state index is 13.0. The van der Waals surface area contributed by atoms with Gasteiger partial charge in [0.1, 0.15) is 11.6 Å². The number of methoxy groups -OCH3 is 2. The summed E-state index contributed by atoms with van der Waals surface area (Å²) >= 11 is 1.33. The third kappa shape index (κ3) is 7.07. The van der Waals surface area contributed by atoms with Gasteiger partial charge in [-0.2, -0.15) is 0 Å². The Balaban J connectivity index is 2.12. The minimum Gasteiger partial charge on any atom is -0.492 e. The van der Waals surface area contributed by atoms with Gasteiger partial charge < -0.3 is 29.6 Å². The summed E-state index contributed by atoms with van der Waals surface area (Å²) in [5, 5.41) is 5.43. The molecule has 0 heterocycles. The third-order valence-electron chi connectivity index (χ3n) is 6.18. The van der Waals surface area contributed by atoms with Gasteiger partial charge in [0.05, 0.1) is 25.2 Å². The molecule has 0 saturated carbocycles. The van der Waals surface area contributed by atoms with E-state index in [0.717, 1.165) is 5.56 Å². The molecule has 2 aromatic rings. The summed E-state index contributed by atoms with van der Waals surface area (Å²) < 4.78 is 22.4. The molecule has 1 aliphatic rings. The molecule has 2 N–H and O–H groups in total. The van der Waals surface area contributed by atoms with Gasteiger partial charge in [0.2, 0.25) is 11.7 Å². The summed E-state index contributed by atoms with van der Waals surface area (Å²) in [6, 6.07) is 5.37. The van der Waals surface area contributed by atoms with E-state index >= 15 is 0 Å². The van der Waals surface area contributed by atoms with E-state index in [0.29, 0.717) is 40.2 Å². The van der Waals surface area contributed by atoms with E-state index in [1.807, 2.05) is 12.3 Å². The summed E-state index contributed by atoms with van der Waals surface area (Å²) in [6.45, 7) is 8.07. The largest absolute Gasteiger partial charge is 0.492 e. The standard InChI is InChI=1S/C29H36N2O8S/c1-15(30-28(35)39-29(3,4)5)27(34)38-22-13-17-9-11-20(31-16(2)32)19-14-21(33)23(40-8)12-10-18(19)24(17)26(37-7)25(22)36-6/h10,12-15,20H,9,11H2,1-8H3,(H,30,35)(H,31,32). The molecule has 0 radical (unpaired) electrons. The first-order valence-electron chi connectivity index (χ1n) is 12.8. The van der Waals surface area contributed by atoms with Gasteiger partial charge in [-0.1, -0.05) is 6.07 Å². The van der Waals surface area contributed by atoms with E-state index in [-0.39, 0.29) is 22.8 Å². The van der Waals surface area contributed by atoms with Crippen LogP contribution in [-0.2, 0) is 20.7 Å². The van der Waals surface area contributed by atoms with Gasteiger partial charge in [0, 0.05) is 12.5 Å². The molecule has 2 amide bonds. The number of amides is 2. The second-order valence-corrected chi connectivity index (χ2v) is 11.2. The van der Waals surface area contributed by atoms with Crippen molar-refractivity contribution < 1.29 is 33.3 Å². The number of aryl methyl sites for hydroxylation is 1. The molecule has 2 atom stereocenters. The van der Waals surface area contributed by atoms with Crippen LogP contribution in [0.15, 0.2) is 34.0 Å². The van der Waals surface area contributed by atoms with Crippen molar-refractivity contribution >= 4 is 29.7 Å². The quantitative estimate of drug-likeness (QED) is 0.282. The number of carbonyl (C=O) groups excluding carboxylic acids is 3. The maximum Gasteiger partial charge on any atom is 0.408 e. The number of thioether (sulfide) groups is 1. The van der Waals surface area contributed by atoms with E-state index in [9.17, 15) is 19.2 Å². The lowest BCUT2D eigenvalue weighted by molar-refractivity contribution is -0.136. The molecule has 40 heavy (non-hydrogen) atoms. The zero-order chi connectivity index (χ0) is 29.8. The summed E-state index contributed by atoms with van der Waals surface area (Å²) in [5.74, 6) is -0.374. The van der Waals surface area contributed by atoms with Crippen molar-refractivity contribution in [1.29, 1.82) is 0 Å². The van der Waals surface area contributed by atoms with Crippen LogP contribution in [0.3, 0.4) is 0 Å². The highest BCUT2D eigenvalue weighted by atomic mass is 32.2. The fraction of sp³-hybridized carbons (Fsp3) is 0.448. The predicted molar refractivity (Wildman–Crippen MR) is 152 cm³/mol. The van der Waals surface area contributed by atoms with E-state index in [1.54, 1.807) is 39.0 Å². The van der Waals surface area contributed by atoms with Gasteiger partial charge in [-0.15, -0.1) is 11.8 Å². The topological polar surface area (TPSA) is 129 Å². The van der Waals surface area contributed by atoms with Crippen LogP contribution in [0.1, 0.15) is 58.2 Å². The number of esters is 1. The van der Waals surface area contributed by atoms with Gasteiger partial charge in [0.25, 0.3) is 0 Å². The average molecular weight is 573 g/mol. The molecule has 2 aromatic carbocycles. The summed E-state index contributed by atoms with van der Waals surface area (Å²) in [6.07, 6.45) is 2.03. The van der Waals surface area contributed by atoms with Crippen molar-refractivity contribution in [3.8, 4) is 28.4 Å². The van der Waals surface area contributed by atoms with E-state index < -0.39 is 29.7 Å². The van der Waals surface area contributed by atoms with E-state index in [1.165, 1.54) is 39.8 Å². The molecular weight excluding hydrogens is 536 g/mol. The number of hydrogen-bond acceptors (Lipinski definition) is 9. The van der Waals surface area contributed by atoms with Crippen LogP contribution in [-0.4, -0.2) is 50.1 Å². The number of benzene rings is 1. The molecule has 1 aliphatic carbocycles. The second-order valence-electron chi connectivity index (χ2n) is 10.3. The highest BCUT2D eigenvalue weighted by molar-refractivity contribution is 7.98. The SMILES string of the molecule is COc1c(OC(=O)C(C)NC(=O)OC(C)(C)C)cc2c(c1OC)-c1ccc(SC)c(=O)cc1C(NC(C)=O)CC2. The number of ether oxygens (including phenoxy) is 4. The minimum atomic E-state index is -1.02. The second kappa shape index (κ2) is 12.6. The lowest BCUT2D eigenvalue weighted by atomic mass is 9.95. The monoisotopic (exact) mass is 572 g/mol. The van der Waals surface area contributed by atoms with E-state index in [2.05, 4.69) is 10.6 Å². The Kier molecular flexibility index (Phi) is 9.73. The summed E-state index contributed by atoms with van der Waals surface area (Å²) in [4.78, 5) is 50.7. The predicted octanol–water partition coefficient (Wildman–Crippen LogP) is 4.39. The molecule has 0 spiro atoms. The first kappa shape index (κ1) is 30.8. The normalized spacial score (nSPS) is 14.9. The number of nitrogens with one attached hydrogen (secondary N) is 2.